The second-order valence-corrected chi connectivity index (χ2v) is 9.08. The Hall–Kier alpha value is -3.07. The fraction of sp³-hybridized carbons (Fsp3) is 0.400. The maximum atomic E-state index is 13.8. The van der Waals surface area contributed by atoms with Crippen LogP contribution in [0.5, 0.6) is 0 Å². The second-order valence-electron chi connectivity index (χ2n) is 9.08. The average Bonchev–Trinajstić information content (AvgIpc) is 2.96. The Bertz CT molecular complexity index is 1230. The normalized spacial score (nSPS) is 21.1. The summed E-state index contributed by atoms with van der Waals surface area (Å²) in [5.74, 6) is 0. The van der Waals surface area contributed by atoms with Crippen molar-refractivity contribution in [3.05, 3.63) is 76.4 Å². The van der Waals surface area contributed by atoms with E-state index in [-0.39, 0.29) is 17.8 Å². The number of aromatic nitrogens is 3. The van der Waals surface area contributed by atoms with Crippen molar-refractivity contribution in [2.24, 2.45) is 5.73 Å². The highest BCUT2D eigenvalue weighted by molar-refractivity contribution is 5.84. The Morgan fingerprint density at radius 1 is 1.18 bits per heavy atom. The molecular formula is C25H31N7O. The molecule has 1 aromatic carbocycles. The number of rotatable bonds is 4. The Morgan fingerprint density at radius 3 is 2.88 bits per heavy atom. The van der Waals surface area contributed by atoms with Crippen molar-refractivity contribution in [3.63, 3.8) is 0 Å². The maximum absolute atomic E-state index is 13.8. The Labute approximate surface area is 193 Å². The van der Waals surface area contributed by atoms with Crippen LogP contribution in [0.4, 0.5) is 5.69 Å². The highest BCUT2D eigenvalue weighted by Crippen LogP contribution is 2.37. The van der Waals surface area contributed by atoms with E-state index in [4.69, 9.17) is 10.7 Å². The molecule has 0 aliphatic carbocycles. The van der Waals surface area contributed by atoms with E-state index in [0.717, 1.165) is 54.6 Å². The summed E-state index contributed by atoms with van der Waals surface area (Å²) in [7, 11) is 0. The molecule has 33 heavy (non-hydrogen) atoms. The molecule has 2 aliphatic heterocycles. The minimum absolute atomic E-state index is 0.0851. The average molecular weight is 446 g/mol. The van der Waals surface area contributed by atoms with Crippen molar-refractivity contribution in [1.29, 1.82) is 0 Å². The molecule has 1 fully saturated rings. The van der Waals surface area contributed by atoms with E-state index in [9.17, 15) is 4.79 Å². The van der Waals surface area contributed by atoms with Crippen LogP contribution in [0.15, 0.2) is 59.4 Å². The third kappa shape index (κ3) is 4.06. The van der Waals surface area contributed by atoms with Crippen LogP contribution in [0.2, 0.25) is 0 Å². The zero-order chi connectivity index (χ0) is 22.9. The molecule has 172 valence electrons. The van der Waals surface area contributed by atoms with Crippen molar-refractivity contribution in [1.82, 2.24) is 24.8 Å². The molecule has 3 N–H and O–H groups in total. The van der Waals surface area contributed by atoms with Gasteiger partial charge in [0.15, 0.2) is 0 Å². The smallest absolute Gasteiger partial charge is 0.277 e. The van der Waals surface area contributed by atoms with Crippen molar-refractivity contribution in [2.45, 2.75) is 39.0 Å². The van der Waals surface area contributed by atoms with Gasteiger partial charge in [0.2, 0.25) is 0 Å². The molecule has 2 atom stereocenters. The number of nitrogens with two attached hydrogens (primary N) is 1. The highest BCUT2D eigenvalue weighted by Gasteiger charge is 2.42. The van der Waals surface area contributed by atoms with Crippen LogP contribution in [-0.4, -0.2) is 51.8 Å². The first kappa shape index (κ1) is 21.8. The number of fused-ring (bicyclic) bond motifs is 2. The lowest BCUT2D eigenvalue weighted by Gasteiger charge is -2.35. The van der Waals surface area contributed by atoms with E-state index in [1.807, 2.05) is 44.3 Å². The van der Waals surface area contributed by atoms with E-state index in [1.165, 1.54) is 0 Å². The molecule has 0 radical (unpaired) electrons. The SMILES string of the molecule is CC(C)=CN1c2c(ncn(Cc3nccc4ccccc34)c2=O)C(N)C1N1CCCNCC1. The fourth-order valence-electron chi connectivity index (χ4n) is 4.96. The molecule has 2 aliphatic rings. The standard InChI is InChI=1S/C25H31N7O/c1-17(2)14-32-23-22(21(26)24(32)30-12-5-9-27-11-13-30)29-16-31(25(23)33)15-20-19-7-4-3-6-18(19)8-10-28-20/h3-4,6-8,10,14,16,21,24,27H,5,9,11-13,15,26H2,1-2H3. The molecule has 0 spiro atoms. The van der Waals surface area contributed by atoms with Gasteiger partial charge in [0.05, 0.1) is 30.3 Å². The van der Waals surface area contributed by atoms with Gasteiger partial charge in [-0.05, 0) is 38.3 Å². The first-order valence-electron chi connectivity index (χ1n) is 11.6. The van der Waals surface area contributed by atoms with Gasteiger partial charge in [0, 0.05) is 37.4 Å². The van der Waals surface area contributed by atoms with Gasteiger partial charge in [-0.2, -0.15) is 0 Å². The lowest BCUT2D eigenvalue weighted by Crippen LogP contribution is -2.50. The molecule has 1 saturated heterocycles. The number of hydrogen-bond donors (Lipinski definition) is 2. The van der Waals surface area contributed by atoms with Crippen LogP contribution in [-0.2, 0) is 6.54 Å². The predicted octanol–water partition coefficient (Wildman–Crippen LogP) is 2.20. The highest BCUT2D eigenvalue weighted by atomic mass is 16.1. The van der Waals surface area contributed by atoms with Crippen LogP contribution in [0.25, 0.3) is 10.8 Å². The van der Waals surface area contributed by atoms with Gasteiger partial charge in [-0.15, -0.1) is 0 Å². The zero-order valence-electron chi connectivity index (χ0n) is 19.2. The molecule has 5 rings (SSSR count). The van der Waals surface area contributed by atoms with Gasteiger partial charge in [-0.1, -0.05) is 29.8 Å². The lowest BCUT2D eigenvalue weighted by atomic mass is 10.1. The Morgan fingerprint density at radius 2 is 2.03 bits per heavy atom. The third-order valence-corrected chi connectivity index (χ3v) is 6.44. The first-order chi connectivity index (χ1) is 16.0. The van der Waals surface area contributed by atoms with Gasteiger partial charge >= 0.3 is 0 Å². The Balaban J connectivity index is 1.57. The summed E-state index contributed by atoms with van der Waals surface area (Å²) in [6.45, 7) is 8.16. The number of nitrogens with one attached hydrogen (secondary N) is 1. The zero-order valence-corrected chi connectivity index (χ0v) is 19.2. The predicted molar refractivity (Wildman–Crippen MR) is 131 cm³/mol. The number of benzene rings is 1. The molecule has 2 unspecified atom stereocenters. The van der Waals surface area contributed by atoms with Crippen LogP contribution >= 0.6 is 0 Å². The summed E-state index contributed by atoms with van der Waals surface area (Å²) in [4.78, 5) is 27.5. The summed E-state index contributed by atoms with van der Waals surface area (Å²) in [5, 5.41) is 5.60. The first-order valence-corrected chi connectivity index (χ1v) is 11.6. The molecule has 3 aromatic rings. The van der Waals surface area contributed by atoms with Gasteiger partial charge in [0.25, 0.3) is 5.56 Å². The number of anilines is 1. The van der Waals surface area contributed by atoms with E-state index in [1.54, 1.807) is 17.1 Å². The fourth-order valence-corrected chi connectivity index (χ4v) is 4.96. The maximum Gasteiger partial charge on any atom is 0.277 e. The van der Waals surface area contributed by atoms with E-state index < -0.39 is 0 Å². The third-order valence-electron chi connectivity index (χ3n) is 6.44. The van der Waals surface area contributed by atoms with Gasteiger partial charge < -0.3 is 16.0 Å². The molecule has 0 amide bonds. The minimum Gasteiger partial charge on any atom is -0.324 e. The van der Waals surface area contributed by atoms with Crippen molar-refractivity contribution in [3.8, 4) is 0 Å². The number of nitrogens with zero attached hydrogens (tertiary/aromatic N) is 5. The largest absolute Gasteiger partial charge is 0.324 e. The van der Waals surface area contributed by atoms with Gasteiger partial charge in [-0.3, -0.25) is 19.2 Å². The van der Waals surface area contributed by atoms with E-state index in [2.05, 4.69) is 26.2 Å². The second kappa shape index (κ2) is 9.05. The Kier molecular flexibility index (Phi) is 5.97. The van der Waals surface area contributed by atoms with E-state index >= 15 is 0 Å². The summed E-state index contributed by atoms with van der Waals surface area (Å²) in [6, 6.07) is 9.73. The van der Waals surface area contributed by atoms with Crippen LogP contribution < -0.4 is 21.5 Å². The van der Waals surface area contributed by atoms with Gasteiger partial charge in [0.1, 0.15) is 11.9 Å². The monoisotopic (exact) mass is 445 g/mol. The number of hydrogen-bond acceptors (Lipinski definition) is 7. The molecule has 8 nitrogen and oxygen atoms in total. The molecule has 2 aromatic heterocycles. The summed E-state index contributed by atoms with van der Waals surface area (Å²) in [5.41, 5.74) is 9.85. The summed E-state index contributed by atoms with van der Waals surface area (Å²) < 4.78 is 1.65. The van der Waals surface area contributed by atoms with Crippen molar-refractivity contribution in [2.75, 3.05) is 31.1 Å². The summed E-state index contributed by atoms with van der Waals surface area (Å²) in [6.07, 6.45) is 6.38. The number of allylic oxidation sites excluding steroid dienone is 1. The van der Waals surface area contributed by atoms with Crippen LogP contribution in [0, 0.1) is 0 Å². The molecular weight excluding hydrogens is 414 g/mol. The lowest BCUT2D eigenvalue weighted by molar-refractivity contribution is 0.192. The van der Waals surface area contributed by atoms with Gasteiger partial charge in [-0.25, -0.2) is 4.98 Å². The van der Waals surface area contributed by atoms with E-state index in [0.29, 0.717) is 17.9 Å². The summed E-state index contributed by atoms with van der Waals surface area (Å²) >= 11 is 0. The molecule has 8 heteroatoms. The van der Waals surface area contributed by atoms with Crippen LogP contribution in [0.3, 0.4) is 0 Å². The number of pyridine rings is 1. The van der Waals surface area contributed by atoms with Crippen LogP contribution in [0.1, 0.15) is 37.7 Å². The minimum atomic E-state index is -0.355. The quantitative estimate of drug-likeness (QED) is 0.636. The topological polar surface area (TPSA) is 92.3 Å². The van der Waals surface area contributed by atoms with Crippen molar-refractivity contribution >= 4 is 16.5 Å². The van der Waals surface area contributed by atoms with Crippen molar-refractivity contribution < 1.29 is 0 Å². The molecule has 4 heterocycles. The molecule has 0 bridgehead atoms. The molecule has 0 saturated carbocycles.